The average Bonchev–Trinajstić information content (AvgIpc) is 2.89. The van der Waals surface area contributed by atoms with Crippen LogP contribution in [0.15, 0.2) is 36.5 Å². The first-order chi connectivity index (χ1) is 12.7. The van der Waals surface area contributed by atoms with Gasteiger partial charge in [-0.1, -0.05) is 18.1 Å². The number of amides is 1. The summed E-state index contributed by atoms with van der Waals surface area (Å²) in [5.74, 6) is 5.70. The van der Waals surface area contributed by atoms with Crippen LogP contribution in [0.2, 0.25) is 0 Å². The summed E-state index contributed by atoms with van der Waals surface area (Å²) < 4.78 is 38.0. The highest BCUT2D eigenvalue weighted by molar-refractivity contribution is 5.88. The fourth-order valence-corrected chi connectivity index (χ4v) is 2.81. The molecule has 1 aromatic carbocycles. The van der Waals surface area contributed by atoms with Crippen molar-refractivity contribution in [3.63, 3.8) is 0 Å². The van der Waals surface area contributed by atoms with Gasteiger partial charge in [0.15, 0.2) is 0 Å². The van der Waals surface area contributed by atoms with Crippen molar-refractivity contribution in [3.8, 4) is 23.1 Å². The zero-order valence-electron chi connectivity index (χ0n) is 14.5. The zero-order chi connectivity index (χ0) is 19.7. The maximum Gasteiger partial charge on any atom is 0.416 e. The molecule has 0 spiro atoms. The molecule has 27 heavy (non-hydrogen) atoms. The molecule has 1 unspecified atom stereocenters. The third kappa shape index (κ3) is 4.09. The van der Waals surface area contributed by atoms with Gasteiger partial charge in [-0.2, -0.15) is 13.2 Å². The number of carbonyl (C=O) groups is 1. The molecule has 1 saturated heterocycles. The van der Waals surface area contributed by atoms with Crippen molar-refractivity contribution in [1.29, 1.82) is 0 Å². The second-order valence-corrected chi connectivity index (χ2v) is 6.45. The fourth-order valence-electron chi connectivity index (χ4n) is 2.81. The molecule has 3 rings (SSSR count). The third-order valence-corrected chi connectivity index (χ3v) is 4.43. The van der Waals surface area contributed by atoms with Crippen molar-refractivity contribution in [2.75, 3.05) is 13.6 Å². The quantitative estimate of drug-likeness (QED) is 0.820. The van der Waals surface area contributed by atoms with E-state index in [0.717, 1.165) is 12.1 Å². The van der Waals surface area contributed by atoms with Gasteiger partial charge in [0.1, 0.15) is 5.54 Å². The minimum absolute atomic E-state index is 0.142. The predicted octanol–water partition coefficient (Wildman–Crippen LogP) is 2.46. The van der Waals surface area contributed by atoms with E-state index in [4.69, 9.17) is 5.73 Å². The Kier molecular flexibility index (Phi) is 4.89. The van der Waals surface area contributed by atoms with E-state index >= 15 is 0 Å². The number of rotatable bonds is 2. The summed E-state index contributed by atoms with van der Waals surface area (Å²) in [5.41, 5.74) is 5.37. The van der Waals surface area contributed by atoms with Gasteiger partial charge in [0, 0.05) is 31.8 Å². The van der Waals surface area contributed by atoms with Crippen LogP contribution in [0.3, 0.4) is 0 Å². The summed E-state index contributed by atoms with van der Waals surface area (Å²) in [6, 6.07) is 6.30. The maximum absolute atomic E-state index is 12.7. The Hall–Kier alpha value is -2.92. The molecule has 2 aromatic rings. The Morgan fingerprint density at radius 3 is 2.56 bits per heavy atom. The Bertz CT molecular complexity index is 915. The molecule has 0 bridgehead atoms. The first kappa shape index (κ1) is 18.9. The molecule has 8 heteroatoms. The SMILES string of the molecule is CN1CCC(N)(CC#Cc2nccc(-c3ccc(C(F)(F)F)cc3)n2)C1=O. The molecule has 1 aromatic heterocycles. The van der Waals surface area contributed by atoms with E-state index in [0.29, 0.717) is 24.2 Å². The van der Waals surface area contributed by atoms with Gasteiger partial charge in [-0.3, -0.25) is 4.79 Å². The fraction of sp³-hybridized carbons (Fsp3) is 0.316. The first-order valence-electron chi connectivity index (χ1n) is 8.23. The van der Waals surface area contributed by atoms with Gasteiger partial charge < -0.3 is 10.6 Å². The molecule has 5 nitrogen and oxygen atoms in total. The van der Waals surface area contributed by atoms with E-state index in [-0.39, 0.29) is 18.2 Å². The molecule has 1 fully saturated rings. The van der Waals surface area contributed by atoms with Gasteiger partial charge >= 0.3 is 6.18 Å². The number of aromatic nitrogens is 2. The molecule has 1 amide bonds. The Labute approximate surface area is 154 Å². The van der Waals surface area contributed by atoms with Crippen LogP contribution in [-0.2, 0) is 11.0 Å². The van der Waals surface area contributed by atoms with Crippen molar-refractivity contribution in [1.82, 2.24) is 14.9 Å². The summed E-state index contributed by atoms with van der Waals surface area (Å²) in [7, 11) is 1.70. The van der Waals surface area contributed by atoms with Crippen molar-refractivity contribution in [2.24, 2.45) is 5.73 Å². The minimum Gasteiger partial charge on any atom is -0.344 e. The lowest BCUT2D eigenvalue weighted by Gasteiger charge is -2.18. The lowest BCUT2D eigenvalue weighted by Crippen LogP contribution is -2.46. The van der Waals surface area contributed by atoms with E-state index in [9.17, 15) is 18.0 Å². The van der Waals surface area contributed by atoms with Crippen LogP contribution in [0.1, 0.15) is 24.2 Å². The summed E-state index contributed by atoms with van der Waals surface area (Å²) in [4.78, 5) is 21.9. The van der Waals surface area contributed by atoms with Crippen LogP contribution in [0.4, 0.5) is 13.2 Å². The summed E-state index contributed by atoms with van der Waals surface area (Å²) in [6.45, 7) is 0.594. The van der Waals surface area contributed by atoms with Crippen LogP contribution in [-0.4, -0.2) is 39.9 Å². The molecule has 2 N–H and O–H groups in total. The molecular formula is C19H17F3N4O. The largest absolute Gasteiger partial charge is 0.416 e. The molecule has 0 saturated carbocycles. The molecule has 1 aliphatic heterocycles. The van der Waals surface area contributed by atoms with Crippen molar-refractivity contribution in [2.45, 2.75) is 24.6 Å². The molecule has 2 heterocycles. The predicted molar refractivity (Wildman–Crippen MR) is 93.1 cm³/mol. The van der Waals surface area contributed by atoms with Crippen molar-refractivity contribution < 1.29 is 18.0 Å². The van der Waals surface area contributed by atoms with Gasteiger partial charge in [0.2, 0.25) is 11.7 Å². The number of hydrogen-bond donors (Lipinski definition) is 1. The number of carbonyl (C=O) groups excluding carboxylic acids is 1. The number of nitrogens with two attached hydrogens (primary N) is 1. The Morgan fingerprint density at radius 1 is 1.26 bits per heavy atom. The van der Waals surface area contributed by atoms with Gasteiger partial charge in [-0.05, 0) is 30.5 Å². The zero-order valence-corrected chi connectivity index (χ0v) is 14.5. The Balaban J connectivity index is 1.76. The molecule has 1 aliphatic rings. The Morgan fingerprint density at radius 2 is 1.96 bits per heavy atom. The lowest BCUT2D eigenvalue weighted by atomic mass is 9.95. The highest BCUT2D eigenvalue weighted by atomic mass is 19.4. The first-order valence-corrected chi connectivity index (χ1v) is 8.23. The van der Waals surface area contributed by atoms with E-state index < -0.39 is 17.3 Å². The lowest BCUT2D eigenvalue weighted by molar-refractivity contribution is -0.137. The summed E-state index contributed by atoms with van der Waals surface area (Å²) in [6.07, 6.45) is -2.19. The number of benzene rings is 1. The molecule has 1 atom stereocenters. The maximum atomic E-state index is 12.7. The number of alkyl halides is 3. The standard InChI is InChI=1S/C19H17F3N4O/c1-26-12-10-18(23,17(26)27)9-2-3-16-24-11-8-15(25-16)13-4-6-14(7-5-13)19(20,21)22/h4-8,11H,9-10,12,23H2,1H3. The number of likely N-dealkylation sites (tertiary alicyclic amines) is 1. The van der Waals surface area contributed by atoms with Crippen LogP contribution >= 0.6 is 0 Å². The monoisotopic (exact) mass is 374 g/mol. The van der Waals surface area contributed by atoms with Gasteiger partial charge in [-0.25, -0.2) is 9.97 Å². The number of nitrogens with zero attached hydrogens (tertiary/aromatic N) is 3. The van der Waals surface area contributed by atoms with E-state index in [2.05, 4.69) is 21.8 Å². The van der Waals surface area contributed by atoms with Gasteiger partial charge in [-0.15, -0.1) is 0 Å². The molecule has 140 valence electrons. The summed E-state index contributed by atoms with van der Waals surface area (Å²) in [5, 5.41) is 0. The van der Waals surface area contributed by atoms with Gasteiger partial charge in [0.05, 0.1) is 11.3 Å². The summed E-state index contributed by atoms with van der Waals surface area (Å²) >= 11 is 0. The average molecular weight is 374 g/mol. The molecular weight excluding hydrogens is 357 g/mol. The third-order valence-electron chi connectivity index (χ3n) is 4.43. The number of halogens is 3. The molecule has 0 aliphatic carbocycles. The van der Waals surface area contributed by atoms with E-state index in [1.165, 1.54) is 18.3 Å². The molecule has 0 radical (unpaired) electrons. The highest BCUT2D eigenvalue weighted by Gasteiger charge is 2.41. The highest BCUT2D eigenvalue weighted by Crippen LogP contribution is 2.30. The smallest absolute Gasteiger partial charge is 0.344 e. The van der Waals surface area contributed by atoms with Crippen LogP contribution < -0.4 is 5.73 Å². The number of hydrogen-bond acceptors (Lipinski definition) is 4. The van der Waals surface area contributed by atoms with Crippen molar-refractivity contribution in [3.05, 3.63) is 47.9 Å². The second-order valence-electron chi connectivity index (χ2n) is 6.45. The van der Waals surface area contributed by atoms with Crippen LogP contribution in [0.5, 0.6) is 0 Å². The van der Waals surface area contributed by atoms with E-state index in [1.54, 1.807) is 18.0 Å². The second kappa shape index (κ2) is 7.00. The topological polar surface area (TPSA) is 72.1 Å². The number of likely N-dealkylation sites (N-methyl/N-ethyl adjacent to an activating group) is 1. The normalized spacial score (nSPS) is 19.7. The van der Waals surface area contributed by atoms with Crippen molar-refractivity contribution >= 4 is 5.91 Å². The van der Waals surface area contributed by atoms with Gasteiger partial charge in [0.25, 0.3) is 0 Å². The van der Waals surface area contributed by atoms with Crippen LogP contribution in [0.25, 0.3) is 11.3 Å². The van der Waals surface area contributed by atoms with E-state index in [1.807, 2.05) is 0 Å². The van der Waals surface area contributed by atoms with Crippen LogP contribution in [0, 0.1) is 11.8 Å². The minimum atomic E-state index is -4.38.